The largest absolute Gasteiger partial charge is 0.456 e. The summed E-state index contributed by atoms with van der Waals surface area (Å²) >= 11 is 1.77. The van der Waals surface area contributed by atoms with Gasteiger partial charge < -0.3 is 8.98 Å². The number of fused-ring (bicyclic) bond motifs is 14. The van der Waals surface area contributed by atoms with E-state index in [1.807, 2.05) is 0 Å². The van der Waals surface area contributed by atoms with Crippen molar-refractivity contribution in [2.45, 2.75) is 5.25 Å². The lowest BCUT2D eigenvalue weighted by Gasteiger charge is -2.10. The molecule has 6 heteroatoms. The molecule has 1 atom stereocenters. The van der Waals surface area contributed by atoms with Crippen LogP contribution in [0.5, 0.6) is 0 Å². The summed E-state index contributed by atoms with van der Waals surface area (Å²) in [5.41, 5.74) is 10.7. The predicted molar refractivity (Wildman–Crippen MR) is 265 cm³/mol. The lowest BCUT2D eigenvalue weighted by atomic mass is 9.98. The Balaban J connectivity index is 0.975. The molecule has 0 amide bonds. The van der Waals surface area contributed by atoms with Crippen LogP contribution in [-0.4, -0.2) is 31.8 Å². The molecule has 13 aromatic rings. The van der Waals surface area contributed by atoms with Crippen molar-refractivity contribution >= 4 is 118 Å². The number of benzene rings is 9. The summed E-state index contributed by atoms with van der Waals surface area (Å²) in [6.45, 7) is 0. The molecule has 62 heavy (non-hydrogen) atoms. The van der Waals surface area contributed by atoms with Gasteiger partial charge in [-0.1, -0.05) is 121 Å². The molecule has 0 aliphatic carbocycles. The van der Waals surface area contributed by atoms with Crippen LogP contribution in [0.4, 0.5) is 0 Å². The van der Waals surface area contributed by atoms with Gasteiger partial charge in [-0.2, -0.15) is 0 Å². The molecule has 2 aliphatic rings. The Morgan fingerprint density at radius 1 is 0.548 bits per heavy atom. The first-order valence-corrected chi connectivity index (χ1v) is 24.5. The van der Waals surface area contributed by atoms with E-state index >= 15 is 0 Å². The van der Waals surface area contributed by atoms with Crippen LogP contribution in [0.15, 0.2) is 174 Å². The maximum Gasteiger partial charge on any atom is 0.161 e. The van der Waals surface area contributed by atoms with E-state index in [1.165, 1.54) is 76.1 Å². The molecular formula is C56H35N3OS2. The fraction of sp³-hybridized carbons (Fsp3) is 0.0714. The molecule has 2 saturated heterocycles. The summed E-state index contributed by atoms with van der Waals surface area (Å²) in [5, 5.41) is 14.2. The Morgan fingerprint density at radius 2 is 1.31 bits per heavy atom. The quantitative estimate of drug-likeness (QED) is 0.166. The van der Waals surface area contributed by atoms with Gasteiger partial charge in [0.2, 0.25) is 0 Å². The Labute approximate surface area is 361 Å². The number of rotatable bonds is 4. The van der Waals surface area contributed by atoms with Crippen molar-refractivity contribution in [3.8, 4) is 28.3 Å². The molecule has 9 aromatic carbocycles. The summed E-state index contributed by atoms with van der Waals surface area (Å²) in [4.78, 5) is 10.9. The van der Waals surface area contributed by atoms with E-state index in [2.05, 4.69) is 174 Å². The zero-order valence-corrected chi connectivity index (χ0v) is 35.1. The van der Waals surface area contributed by atoms with Crippen LogP contribution in [0.2, 0.25) is 0 Å². The van der Waals surface area contributed by atoms with Crippen molar-refractivity contribution in [2.24, 2.45) is 0 Å². The number of furan rings is 1. The average Bonchev–Trinajstić information content (AvgIpc) is 4.11. The van der Waals surface area contributed by atoms with Gasteiger partial charge in [0.25, 0.3) is 0 Å². The Hall–Kier alpha value is -6.99. The molecule has 2 aliphatic heterocycles. The number of nitrogens with zero attached hydrogens (tertiary/aromatic N) is 3. The van der Waals surface area contributed by atoms with Gasteiger partial charge >= 0.3 is 0 Å². The van der Waals surface area contributed by atoms with Crippen molar-refractivity contribution in [3.63, 3.8) is 0 Å². The summed E-state index contributed by atoms with van der Waals surface area (Å²) in [7, 11) is -0.275. The van der Waals surface area contributed by atoms with Crippen LogP contribution in [-0.2, 0) is 0 Å². The molecule has 15 rings (SSSR count). The lowest BCUT2D eigenvalue weighted by Crippen LogP contribution is -1.95. The average molecular weight is 830 g/mol. The standard InChI is InChI=1S/C56H35N3OS2/c1-2-10-34-28-37(17-16-32(34)8-1)53-55-54(41-12-5-6-15-48(41)61-55)58-56(57-53)42-13-7-14-47-50(42)43-30-38(21-25-46(43)60-47)59-44-23-19-33-9-3-4-11-39(33)51(44)52-40-22-18-36(49-31-62(49)26-27-62)29-35(40)20-24-45(52)59/h1-25,28-30,49H,26-27,31H2. The highest BCUT2D eigenvalue weighted by molar-refractivity contribution is 8.45. The van der Waals surface area contributed by atoms with Crippen molar-refractivity contribution in [2.75, 3.05) is 17.3 Å². The highest BCUT2D eigenvalue weighted by atomic mass is 32.3. The first kappa shape index (κ1) is 33.7. The molecule has 0 N–H and O–H groups in total. The second kappa shape index (κ2) is 12.1. The van der Waals surface area contributed by atoms with E-state index in [1.54, 1.807) is 16.9 Å². The molecule has 0 bridgehead atoms. The minimum Gasteiger partial charge on any atom is -0.456 e. The van der Waals surface area contributed by atoms with Gasteiger partial charge in [0.1, 0.15) is 11.2 Å². The zero-order valence-electron chi connectivity index (χ0n) is 33.4. The van der Waals surface area contributed by atoms with Gasteiger partial charge in [-0.15, -0.1) is 11.3 Å². The van der Waals surface area contributed by atoms with Gasteiger partial charge in [-0.25, -0.2) is 20.0 Å². The zero-order chi connectivity index (χ0) is 40.3. The second-order valence-electron chi connectivity index (χ2n) is 17.3. The minimum absolute atomic E-state index is 0.275. The van der Waals surface area contributed by atoms with E-state index in [9.17, 15) is 0 Å². The SMILES string of the molecule is c1ccc2cc(-c3nc(-c4cccc5oc6ccc(-n7c8ccc9ccccc9c8c8c9ccc(C%10CS%10%11CC%11)cc9ccc87)cc6c45)nc4c3sc3ccccc34)ccc2c1. The molecule has 292 valence electrons. The van der Waals surface area contributed by atoms with Crippen molar-refractivity contribution in [3.05, 3.63) is 175 Å². The van der Waals surface area contributed by atoms with Gasteiger partial charge in [0.05, 0.1) is 26.9 Å². The van der Waals surface area contributed by atoms with Gasteiger partial charge in [-0.3, -0.25) is 0 Å². The van der Waals surface area contributed by atoms with Crippen LogP contribution in [0, 0.1) is 0 Å². The molecule has 1 spiro atoms. The smallest absolute Gasteiger partial charge is 0.161 e. The highest BCUT2D eigenvalue weighted by Gasteiger charge is 2.58. The molecule has 6 heterocycles. The van der Waals surface area contributed by atoms with Crippen LogP contribution in [0.3, 0.4) is 0 Å². The third kappa shape index (κ3) is 4.68. The molecule has 1 unspecified atom stereocenters. The third-order valence-corrected chi connectivity index (χ3v) is 18.8. The van der Waals surface area contributed by atoms with E-state index in [-0.39, 0.29) is 10.0 Å². The third-order valence-electron chi connectivity index (χ3n) is 14.0. The van der Waals surface area contributed by atoms with Gasteiger partial charge in [0, 0.05) is 53.7 Å². The monoisotopic (exact) mass is 829 g/mol. The molecular weight excluding hydrogens is 795 g/mol. The van der Waals surface area contributed by atoms with Crippen molar-refractivity contribution in [1.82, 2.24) is 14.5 Å². The fourth-order valence-corrected chi connectivity index (χ4v) is 15.6. The molecule has 0 radical (unpaired) electrons. The van der Waals surface area contributed by atoms with E-state index in [0.717, 1.165) is 65.3 Å². The van der Waals surface area contributed by atoms with Crippen molar-refractivity contribution in [1.29, 1.82) is 0 Å². The van der Waals surface area contributed by atoms with E-state index < -0.39 is 0 Å². The summed E-state index contributed by atoms with van der Waals surface area (Å²) in [6, 6.07) is 62.3. The predicted octanol–water partition coefficient (Wildman–Crippen LogP) is 15.5. The number of hydrogen-bond donors (Lipinski definition) is 0. The van der Waals surface area contributed by atoms with Crippen LogP contribution >= 0.6 is 21.4 Å². The van der Waals surface area contributed by atoms with Gasteiger partial charge in [-0.05, 0) is 104 Å². The molecule has 0 saturated carbocycles. The molecule has 4 nitrogen and oxygen atoms in total. The van der Waals surface area contributed by atoms with Gasteiger partial charge in [0.15, 0.2) is 5.82 Å². The number of hydrogen-bond acceptors (Lipinski definition) is 4. The summed E-state index contributed by atoms with van der Waals surface area (Å²) in [5.74, 6) is 5.09. The molecule has 2 fully saturated rings. The first-order valence-electron chi connectivity index (χ1n) is 21.4. The van der Waals surface area contributed by atoms with Crippen LogP contribution < -0.4 is 0 Å². The first-order chi connectivity index (χ1) is 30.7. The number of aromatic nitrogens is 3. The molecule has 4 aromatic heterocycles. The maximum absolute atomic E-state index is 6.68. The normalized spacial score (nSPS) is 16.4. The topological polar surface area (TPSA) is 43.9 Å². The Bertz CT molecular complexity index is 4110. The lowest BCUT2D eigenvalue weighted by molar-refractivity contribution is 0.669. The Morgan fingerprint density at radius 3 is 2.16 bits per heavy atom. The Kier molecular flexibility index (Phi) is 6.57. The van der Waals surface area contributed by atoms with E-state index in [4.69, 9.17) is 14.4 Å². The fourth-order valence-electron chi connectivity index (χ4n) is 10.7. The summed E-state index contributed by atoms with van der Waals surface area (Å²) in [6.07, 6.45) is 0. The second-order valence-corrected chi connectivity index (χ2v) is 22.3. The maximum atomic E-state index is 6.68. The van der Waals surface area contributed by atoms with E-state index in [0.29, 0.717) is 5.82 Å². The van der Waals surface area contributed by atoms with Crippen LogP contribution in [0.25, 0.3) is 125 Å². The van der Waals surface area contributed by atoms with Crippen LogP contribution in [0.1, 0.15) is 10.8 Å². The summed E-state index contributed by atoms with van der Waals surface area (Å²) < 4.78 is 11.4. The highest BCUT2D eigenvalue weighted by Crippen LogP contribution is 2.86. The minimum atomic E-state index is -0.275. The van der Waals surface area contributed by atoms with Crippen molar-refractivity contribution < 1.29 is 4.42 Å². The number of thiophene rings is 1.